The van der Waals surface area contributed by atoms with E-state index in [1.807, 2.05) is 0 Å². The standard InChI is InChI=1S/C66H44N2/c1-2-17-44(18-3-1)57-39-46-20-6-7-21-47(46)40-58(57)66-56-35-33-53(67-61-26-12-8-22-48(61)37-49-23-9-13-27-62(49)67)41-59(56)65(52-31-30-43-16-4-5-19-45(43)36-52)55-34-32-54(42-60(55)66)68-63-28-14-10-24-50(63)38-51-25-11-15-29-64(51)68/h1-36,39-42H,37-38H2. The maximum Gasteiger partial charge on any atom is 0.0497 e. The number of rotatable bonds is 5. The van der Waals surface area contributed by atoms with Crippen molar-refractivity contribution >= 4 is 77.2 Å². The topological polar surface area (TPSA) is 6.48 Å². The Morgan fingerprint density at radius 1 is 0.250 bits per heavy atom. The first-order valence-electron chi connectivity index (χ1n) is 23.7. The van der Waals surface area contributed by atoms with Gasteiger partial charge in [-0.1, -0.05) is 176 Å². The molecular weight excluding hydrogens is 821 g/mol. The van der Waals surface area contributed by atoms with E-state index in [-0.39, 0.29) is 0 Å². The molecule has 2 heteroatoms. The molecule has 2 aliphatic heterocycles. The van der Waals surface area contributed by atoms with Gasteiger partial charge in [0.05, 0.1) is 0 Å². The molecule has 0 N–H and O–H groups in total. The molecule has 0 aromatic heterocycles. The minimum absolute atomic E-state index is 0.907. The highest BCUT2D eigenvalue weighted by Crippen LogP contribution is 2.52. The average Bonchev–Trinajstić information content (AvgIpc) is 3.40. The normalized spacial score (nSPS) is 12.8. The molecule has 0 unspecified atom stereocenters. The molecule has 0 aliphatic carbocycles. The van der Waals surface area contributed by atoms with Crippen LogP contribution < -0.4 is 9.80 Å². The summed E-state index contributed by atoms with van der Waals surface area (Å²) in [6, 6.07) is 90.6. The second-order valence-electron chi connectivity index (χ2n) is 18.4. The van der Waals surface area contributed by atoms with Crippen LogP contribution in [0.2, 0.25) is 0 Å². The molecule has 12 aromatic carbocycles. The van der Waals surface area contributed by atoms with Crippen LogP contribution in [0.25, 0.3) is 76.5 Å². The third-order valence-corrected chi connectivity index (χ3v) is 14.6. The molecule has 0 saturated heterocycles. The van der Waals surface area contributed by atoms with Crippen LogP contribution in [0.3, 0.4) is 0 Å². The zero-order chi connectivity index (χ0) is 44.7. The van der Waals surface area contributed by atoms with Crippen molar-refractivity contribution in [2.75, 3.05) is 9.80 Å². The minimum Gasteiger partial charge on any atom is -0.310 e. The molecule has 0 radical (unpaired) electrons. The predicted molar refractivity (Wildman–Crippen MR) is 288 cm³/mol. The molecular formula is C66H44N2. The Bertz CT molecular complexity index is 3910. The molecule has 0 spiro atoms. The van der Waals surface area contributed by atoms with E-state index in [4.69, 9.17) is 0 Å². The highest BCUT2D eigenvalue weighted by Gasteiger charge is 2.28. The van der Waals surface area contributed by atoms with E-state index in [0.717, 1.165) is 24.2 Å². The van der Waals surface area contributed by atoms with Crippen molar-refractivity contribution < 1.29 is 0 Å². The molecule has 2 heterocycles. The lowest BCUT2D eigenvalue weighted by Gasteiger charge is -2.34. The van der Waals surface area contributed by atoms with Crippen LogP contribution in [-0.4, -0.2) is 0 Å². The molecule has 14 rings (SSSR count). The number of fused-ring (bicyclic) bond motifs is 8. The fourth-order valence-electron chi connectivity index (χ4n) is 11.5. The van der Waals surface area contributed by atoms with Crippen molar-refractivity contribution in [3.63, 3.8) is 0 Å². The zero-order valence-electron chi connectivity index (χ0n) is 37.4. The molecule has 0 fully saturated rings. The highest BCUT2D eigenvalue weighted by atomic mass is 15.2. The van der Waals surface area contributed by atoms with E-state index in [9.17, 15) is 0 Å². The van der Waals surface area contributed by atoms with Crippen molar-refractivity contribution in [1.29, 1.82) is 0 Å². The number of para-hydroxylation sites is 4. The molecule has 2 aliphatic rings. The lowest BCUT2D eigenvalue weighted by atomic mass is 9.82. The van der Waals surface area contributed by atoms with Gasteiger partial charge < -0.3 is 9.80 Å². The van der Waals surface area contributed by atoms with Gasteiger partial charge in [-0.15, -0.1) is 0 Å². The first kappa shape index (κ1) is 38.5. The van der Waals surface area contributed by atoms with E-state index < -0.39 is 0 Å². The van der Waals surface area contributed by atoms with Crippen LogP contribution in [0, 0.1) is 0 Å². The summed E-state index contributed by atoms with van der Waals surface area (Å²) in [4.78, 5) is 4.98. The number of nitrogens with zero attached hydrogens (tertiary/aromatic N) is 2. The second kappa shape index (κ2) is 15.4. The van der Waals surface area contributed by atoms with Crippen LogP contribution in [0.15, 0.2) is 243 Å². The van der Waals surface area contributed by atoms with Crippen molar-refractivity contribution in [1.82, 2.24) is 0 Å². The summed E-state index contributed by atoms with van der Waals surface area (Å²) in [6.45, 7) is 0. The average molecular weight is 865 g/mol. The molecule has 0 bridgehead atoms. The van der Waals surface area contributed by atoms with Gasteiger partial charge in [-0.25, -0.2) is 0 Å². The molecule has 12 aromatic rings. The maximum absolute atomic E-state index is 2.49. The van der Waals surface area contributed by atoms with Gasteiger partial charge in [-0.05, 0) is 165 Å². The van der Waals surface area contributed by atoms with Crippen molar-refractivity contribution in [2.45, 2.75) is 12.8 Å². The Kier molecular flexibility index (Phi) is 8.75. The van der Waals surface area contributed by atoms with Gasteiger partial charge in [-0.3, -0.25) is 0 Å². The Balaban J connectivity index is 1.14. The summed E-state index contributed by atoms with van der Waals surface area (Å²) in [7, 11) is 0. The summed E-state index contributed by atoms with van der Waals surface area (Å²) in [6.07, 6.45) is 1.82. The zero-order valence-corrected chi connectivity index (χ0v) is 37.4. The predicted octanol–water partition coefficient (Wildman–Crippen LogP) is 18.0. The van der Waals surface area contributed by atoms with Gasteiger partial charge in [0.2, 0.25) is 0 Å². The maximum atomic E-state index is 2.49. The smallest absolute Gasteiger partial charge is 0.0497 e. The monoisotopic (exact) mass is 864 g/mol. The number of hydrogen-bond acceptors (Lipinski definition) is 2. The summed E-state index contributed by atoms with van der Waals surface area (Å²) in [5.41, 5.74) is 19.8. The van der Waals surface area contributed by atoms with Gasteiger partial charge in [-0.2, -0.15) is 0 Å². The lowest BCUT2D eigenvalue weighted by molar-refractivity contribution is 1.09. The van der Waals surface area contributed by atoms with Gasteiger partial charge in [0.25, 0.3) is 0 Å². The Labute approximate surface area is 396 Å². The Morgan fingerprint density at radius 2 is 0.662 bits per heavy atom. The van der Waals surface area contributed by atoms with Crippen LogP contribution in [-0.2, 0) is 12.8 Å². The van der Waals surface area contributed by atoms with Crippen LogP contribution >= 0.6 is 0 Å². The third-order valence-electron chi connectivity index (χ3n) is 14.6. The van der Waals surface area contributed by atoms with Gasteiger partial charge in [0, 0.05) is 47.0 Å². The van der Waals surface area contributed by atoms with Gasteiger partial charge >= 0.3 is 0 Å². The SMILES string of the molecule is c1ccc(-c2cc3ccccc3cc2-c2c3ccc(N4c5ccccc5Cc5ccccc54)cc3c(-c3ccc4ccccc4c3)c3ccc(N4c5ccccc5Cc5ccccc54)cc23)cc1. The Morgan fingerprint density at radius 3 is 1.19 bits per heavy atom. The largest absolute Gasteiger partial charge is 0.310 e. The fraction of sp³-hybridized carbons (Fsp3) is 0.0303. The molecule has 68 heavy (non-hydrogen) atoms. The number of benzene rings is 12. The summed E-state index contributed by atoms with van der Waals surface area (Å²) in [5, 5.41) is 9.77. The van der Waals surface area contributed by atoms with Crippen LogP contribution in [0.1, 0.15) is 22.3 Å². The van der Waals surface area contributed by atoms with E-state index in [0.29, 0.717) is 0 Å². The number of anilines is 6. The second-order valence-corrected chi connectivity index (χ2v) is 18.4. The van der Waals surface area contributed by atoms with E-state index in [2.05, 4.69) is 252 Å². The van der Waals surface area contributed by atoms with E-state index in [1.54, 1.807) is 0 Å². The third kappa shape index (κ3) is 6.11. The molecule has 0 saturated carbocycles. The van der Waals surface area contributed by atoms with E-state index >= 15 is 0 Å². The molecule has 0 amide bonds. The van der Waals surface area contributed by atoms with Gasteiger partial charge in [0.1, 0.15) is 0 Å². The van der Waals surface area contributed by atoms with Crippen molar-refractivity contribution in [3.8, 4) is 33.4 Å². The quantitative estimate of drug-likeness (QED) is 0.159. The Hall–Kier alpha value is -8.72. The molecule has 318 valence electrons. The molecule has 2 nitrogen and oxygen atoms in total. The number of hydrogen-bond donors (Lipinski definition) is 0. The minimum atomic E-state index is 0.907. The van der Waals surface area contributed by atoms with Crippen molar-refractivity contribution in [3.05, 3.63) is 265 Å². The summed E-state index contributed by atoms with van der Waals surface area (Å²) < 4.78 is 0. The summed E-state index contributed by atoms with van der Waals surface area (Å²) in [5.74, 6) is 0. The van der Waals surface area contributed by atoms with Gasteiger partial charge in [0.15, 0.2) is 0 Å². The first-order chi connectivity index (χ1) is 33.7. The molecule has 0 atom stereocenters. The van der Waals surface area contributed by atoms with Crippen LogP contribution in [0.5, 0.6) is 0 Å². The van der Waals surface area contributed by atoms with E-state index in [1.165, 1.54) is 121 Å². The fourth-order valence-corrected chi connectivity index (χ4v) is 11.5. The lowest BCUT2D eigenvalue weighted by Crippen LogP contribution is -2.18. The first-order valence-corrected chi connectivity index (χ1v) is 23.7. The van der Waals surface area contributed by atoms with Crippen LogP contribution in [0.4, 0.5) is 34.1 Å². The highest BCUT2D eigenvalue weighted by molar-refractivity contribution is 6.24. The van der Waals surface area contributed by atoms with Crippen molar-refractivity contribution in [2.24, 2.45) is 0 Å². The summed E-state index contributed by atoms with van der Waals surface area (Å²) >= 11 is 0.